The number of hydrogen-bond acceptors (Lipinski definition) is 8. The molecule has 0 amide bonds. The minimum atomic E-state index is -4.10. The number of rotatable bonds is 7. The predicted octanol–water partition coefficient (Wildman–Crippen LogP) is 3.34. The van der Waals surface area contributed by atoms with Crippen LogP contribution in [0.1, 0.15) is 16.1 Å². The molecule has 3 aromatic rings. The second-order valence-electron chi connectivity index (χ2n) is 7.08. The second-order valence-corrected chi connectivity index (χ2v) is 9.85. The first-order valence-electron chi connectivity index (χ1n) is 10.0. The van der Waals surface area contributed by atoms with Crippen LogP contribution in [-0.4, -0.2) is 57.1 Å². The number of esters is 1. The molecule has 174 valence electrons. The van der Waals surface area contributed by atoms with Gasteiger partial charge in [0.15, 0.2) is 0 Å². The second kappa shape index (κ2) is 9.96. The van der Waals surface area contributed by atoms with Gasteiger partial charge in [0.25, 0.3) is 0 Å². The van der Waals surface area contributed by atoms with E-state index in [2.05, 4.69) is 4.98 Å². The Labute approximate surface area is 194 Å². The van der Waals surface area contributed by atoms with Gasteiger partial charge in [-0.2, -0.15) is 4.31 Å². The molecule has 1 aromatic heterocycles. The lowest BCUT2D eigenvalue weighted by Gasteiger charge is -2.26. The summed E-state index contributed by atoms with van der Waals surface area (Å²) in [5, 5.41) is 2.47. The Balaban J connectivity index is 1.47. The zero-order valence-corrected chi connectivity index (χ0v) is 19.3. The minimum Gasteiger partial charge on any atom is -0.496 e. The number of morpholine rings is 1. The number of nitrogens with zero attached hydrogens (tertiary/aromatic N) is 2. The number of hydrogen-bond donors (Lipinski definition) is 0. The molecule has 0 N–H and O–H groups in total. The van der Waals surface area contributed by atoms with E-state index in [1.54, 1.807) is 12.5 Å². The zero-order chi connectivity index (χ0) is 23.4. The van der Waals surface area contributed by atoms with Gasteiger partial charge in [-0.05, 0) is 30.3 Å². The standard InChI is InChI=1S/C22H21FN2O6S2/c1-29-19-5-3-2-4-17(19)21-24-16(14-32-21)13-31-22(26)15-6-7-18(23)20(12-15)33(27,28)25-8-10-30-11-9-25/h2-7,12,14H,8-11,13H2,1H3. The Morgan fingerprint density at radius 3 is 2.73 bits per heavy atom. The van der Waals surface area contributed by atoms with E-state index in [-0.39, 0.29) is 38.5 Å². The van der Waals surface area contributed by atoms with Crippen molar-refractivity contribution in [3.8, 4) is 16.3 Å². The molecule has 1 aliphatic heterocycles. The predicted molar refractivity (Wildman–Crippen MR) is 119 cm³/mol. The molecule has 0 atom stereocenters. The van der Waals surface area contributed by atoms with Crippen LogP contribution in [0, 0.1) is 5.82 Å². The summed E-state index contributed by atoms with van der Waals surface area (Å²) in [5.74, 6) is -1.03. The van der Waals surface area contributed by atoms with E-state index in [1.807, 2.05) is 24.3 Å². The van der Waals surface area contributed by atoms with Crippen molar-refractivity contribution in [1.29, 1.82) is 0 Å². The maximum absolute atomic E-state index is 14.4. The Bertz CT molecular complexity index is 1260. The summed E-state index contributed by atoms with van der Waals surface area (Å²) < 4.78 is 56.9. The third-order valence-corrected chi connectivity index (χ3v) is 7.83. The monoisotopic (exact) mass is 492 g/mol. The number of carbonyl (C=O) groups excluding carboxylic acids is 1. The maximum atomic E-state index is 14.4. The van der Waals surface area contributed by atoms with Crippen LogP contribution in [0.2, 0.25) is 0 Å². The van der Waals surface area contributed by atoms with Gasteiger partial charge in [-0.25, -0.2) is 22.6 Å². The molecule has 1 saturated heterocycles. The van der Waals surface area contributed by atoms with Crippen molar-refractivity contribution in [2.24, 2.45) is 0 Å². The molecule has 0 spiro atoms. The van der Waals surface area contributed by atoms with Crippen molar-refractivity contribution in [3.05, 3.63) is 64.9 Å². The number of ether oxygens (including phenoxy) is 3. The van der Waals surface area contributed by atoms with Crippen LogP contribution < -0.4 is 4.74 Å². The Morgan fingerprint density at radius 1 is 1.21 bits per heavy atom. The third-order valence-electron chi connectivity index (χ3n) is 5.00. The number of para-hydroxylation sites is 1. The number of benzene rings is 2. The van der Waals surface area contributed by atoms with Crippen LogP contribution in [0.5, 0.6) is 5.75 Å². The van der Waals surface area contributed by atoms with Gasteiger partial charge < -0.3 is 14.2 Å². The van der Waals surface area contributed by atoms with Crippen LogP contribution in [0.25, 0.3) is 10.6 Å². The molecule has 0 bridgehead atoms. The summed E-state index contributed by atoms with van der Waals surface area (Å²) in [5.41, 5.74) is 1.28. The van der Waals surface area contributed by atoms with E-state index in [0.717, 1.165) is 22.0 Å². The topological polar surface area (TPSA) is 95.0 Å². The van der Waals surface area contributed by atoms with Gasteiger partial charge in [-0.1, -0.05) is 12.1 Å². The summed E-state index contributed by atoms with van der Waals surface area (Å²) >= 11 is 1.38. The van der Waals surface area contributed by atoms with Gasteiger partial charge >= 0.3 is 5.97 Å². The summed E-state index contributed by atoms with van der Waals surface area (Å²) in [7, 11) is -2.53. The molecular formula is C22H21FN2O6S2. The number of sulfonamides is 1. The van der Waals surface area contributed by atoms with E-state index in [4.69, 9.17) is 14.2 Å². The smallest absolute Gasteiger partial charge is 0.338 e. The normalized spacial score (nSPS) is 14.7. The van der Waals surface area contributed by atoms with Crippen LogP contribution in [0.4, 0.5) is 4.39 Å². The van der Waals surface area contributed by atoms with Crippen molar-refractivity contribution >= 4 is 27.3 Å². The Kier molecular flexibility index (Phi) is 7.03. The molecule has 0 unspecified atom stereocenters. The van der Waals surface area contributed by atoms with E-state index in [1.165, 1.54) is 17.4 Å². The molecule has 2 aromatic carbocycles. The maximum Gasteiger partial charge on any atom is 0.338 e. The van der Waals surface area contributed by atoms with Crippen molar-refractivity contribution in [3.63, 3.8) is 0 Å². The van der Waals surface area contributed by atoms with Crippen molar-refractivity contribution in [2.45, 2.75) is 11.5 Å². The number of aromatic nitrogens is 1. The minimum absolute atomic E-state index is 0.0663. The average molecular weight is 493 g/mol. The third kappa shape index (κ3) is 5.06. The van der Waals surface area contributed by atoms with Gasteiger partial charge in [-0.3, -0.25) is 0 Å². The molecule has 2 heterocycles. The lowest BCUT2D eigenvalue weighted by Crippen LogP contribution is -2.41. The fourth-order valence-corrected chi connectivity index (χ4v) is 5.63. The SMILES string of the molecule is COc1ccccc1-c1nc(COC(=O)c2ccc(F)c(S(=O)(=O)N3CCOCC3)c2)cs1. The highest BCUT2D eigenvalue weighted by Crippen LogP contribution is 2.32. The summed E-state index contributed by atoms with van der Waals surface area (Å²) in [6, 6.07) is 10.6. The molecule has 0 saturated carbocycles. The molecular weight excluding hydrogens is 471 g/mol. The fourth-order valence-electron chi connectivity index (χ4n) is 3.30. The van der Waals surface area contributed by atoms with Gasteiger partial charge in [0.1, 0.15) is 28.1 Å². The number of carbonyl (C=O) groups is 1. The van der Waals surface area contributed by atoms with Gasteiger partial charge in [0.2, 0.25) is 10.0 Å². The van der Waals surface area contributed by atoms with Gasteiger partial charge in [0, 0.05) is 18.5 Å². The first kappa shape index (κ1) is 23.3. The highest BCUT2D eigenvalue weighted by Gasteiger charge is 2.30. The van der Waals surface area contributed by atoms with Crippen molar-refractivity contribution in [2.75, 3.05) is 33.4 Å². The number of halogens is 1. The highest BCUT2D eigenvalue weighted by molar-refractivity contribution is 7.89. The van der Waals surface area contributed by atoms with E-state index >= 15 is 0 Å². The van der Waals surface area contributed by atoms with E-state index < -0.39 is 26.7 Å². The summed E-state index contributed by atoms with van der Waals surface area (Å²) in [6.07, 6.45) is 0. The van der Waals surface area contributed by atoms with E-state index in [0.29, 0.717) is 16.5 Å². The summed E-state index contributed by atoms with van der Waals surface area (Å²) in [6.45, 7) is 0.581. The molecule has 11 heteroatoms. The van der Waals surface area contributed by atoms with Crippen molar-refractivity contribution < 1.29 is 31.8 Å². The van der Waals surface area contributed by atoms with Crippen LogP contribution >= 0.6 is 11.3 Å². The Hall–Kier alpha value is -2.86. The average Bonchev–Trinajstić information content (AvgIpc) is 3.32. The largest absolute Gasteiger partial charge is 0.496 e. The number of thiazole rings is 1. The van der Waals surface area contributed by atoms with E-state index in [9.17, 15) is 17.6 Å². The highest BCUT2D eigenvalue weighted by atomic mass is 32.2. The van der Waals surface area contributed by atoms with Crippen molar-refractivity contribution in [1.82, 2.24) is 9.29 Å². The van der Waals surface area contributed by atoms with Gasteiger partial charge in [-0.15, -0.1) is 11.3 Å². The number of methoxy groups -OCH3 is 1. The molecule has 1 aliphatic rings. The molecule has 8 nitrogen and oxygen atoms in total. The fraction of sp³-hybridized carbons (Fsp3) is 0.273. The molecule has 4 rings (SSSR count). The van der Waals surface area contributed by atoms with Crippen LogP contribution in [0.3, 0.4) is 0 Å². The zero-order valence-electron chi connectivity index (χ0n) is 17.7. The Morgan fingerprint density at radius 2 is 1.97 bits per heavy atom. The van der Waals surface area contributed by atoms with Crippen LogP contribution in [0.15, 0.2) is 52.7 Å². The lowest BCUT2D eigenvalue weighted by molar-refractivity contribution is 0.0468. The molecule has 1 fully saturated rings. The van der Waals surface area contributed by atoms with Gasteiger partial charge in [0.05, 0.1) is 37.1 Å². The molecule has 33 heavy (non-hydrogen) atoms. The lowest BCUT2D eigenvalue weighted by atomic mass is 10.2. The first-order chi connectivity index (χ1) is 15.9. The first-order valence-corrected chi connectivity index (χ1v) is 12.3. The molecule has 0 radical (unpaired) electrons. The molecule has 0 aliphatic carbocycles. The summed E-state index contributed by atoms with van der Waals surface area (Å²) in [4.78, 5) is 16.5. The quantitative estimate of drug-likeness (QED) is 0.467. The van der Waals surface area contributed by atoms with Crippen LogP contribution in [-0.2, 0) is 26.1 Å².